The van der Waals surface area contributed by atoms with Crippen LogP contribution in [0.4, 0.5) is 4.39 Å². The molecule has 1 aliphatic heterocycles. The number of rotatable bonds is 2. The molecule has 2 unspecified atom stereocenters. The van der Waals surface area contributed by atoms with Crippen molar-refractivity contribution in [2.45, 2.75) is 57.2 Å². The van der Waals surface area contributed by atoms with Crippen LogP contribution >= 0.6 is 0 Å². The summed E-state index contributed by atoms with van der Waals surface area (Å²) in [5.74, 6) is 0.350. The van der Waals surface area contributed by atoms with E-state index in [4.69, 9.17) is 0 Å². The van der Waals surface area contributed by atoms with Gasteiger partial charge < -0.3 is 5.32 Å². The summed E-state index contributed by atoms with van der Waals surface area (Å²) >= 11 is 0. The second kappa shape index (κ2) is 3.56. The van der Waals surface area contributed by atoms with E-state index in [1.165, 1.54) is 19.3 Å². The number of alkyl halides is 1. The van der Waals surface area contributed by atoms with Crippen LogP contribution in [0, 0.1) is 5.92 Å². The minimum Gasteiger partial charge on any atom is -0.311 e. The molecule has 76 valence electrons. The first-order valence-electron chi connectivity index (χ1n) is 5.63. The first kappa shape index (κ1) is 9.45. The van der Waals surface area contributed by atoms with Crippen molar-refractivity contribution in [3.63, 3.8) is 0 Å². The lowest BCUT2D eigenvalue weighted by Gasteiger charge is -2.30. The van der Waals surface area contributed by atoms with Gasteiger partial charge in [-0.2, -0.15) is 0 Å². The zero-order chi connectivity index (χ0) is 9.31. The smallest absolute Gasteiger partial charge is 0.126 e. The molecule has 0 bridgehead atoms. The third-order valence-corrected chi connectivity index (χ3v) is 3.62. The molecule has 13 heavy (non-hydrogen) atoms. The molecule has 1 saturated heterocycles. The van der Waals surface area contributed by atoms with Crippen molar-refractivity contribution in [3.8, 4) is 0 Å². The molecule has 2 rings (SSSR count). The van der Waals surface area contributed by atoms with E-state index in [-0.39, 0.29) is 6.04 Å². The summed E-state index contributed by atoms with van der Waals surface area (Å²) in [6.45, 7) is 2.81. The maximum absolute atomic E-state index is 14.3. The number of halogens is 1. The van der Waals surface area contributed by atoms with Gasteiger partial charge in [0.05, 0.1) is 0 Å². The largest absolute Gasteiger partial charge is 0.311 e. The summed E-state index contributed by atoms with van der Waals surface area (Å²) in [6, 6.07) is 0.127. The van der Waals surface area contributed by atoms with E-state index in [0.717, 1.165) is 25.8 Å². The number of hydrogen-bond donors (Lipinski definition) is 1. The van der Waals surface area contributed by atoms with Gasteiger partial charge in [-0.3, -0.25) is 0 Å². The zero-order valence-electron chi connectivity index (χ0n) is 8.48. The monoisotopic (exact) mass is 185 g/mol. The van der Waals surface area contributed by atoms with Crippen LogP contribution in [-0.4, -0.2) is 18.3 Å². The lowest BCUT2D eigenvalue weighted by molar-refractivity contribution is 0.0970. The summed E-state index contributed by atoms with van der Waals surface area (Å²) in [6.07, 6.45) is 6.92. The normalized spacial score (nSPS) is 35.1. The third-order valence-electron chi connectivity index (χ3n) is 3.62. The fraction of sp³-hybridized carbons (Fsp3) is 1.00. The van der Waals surface area contributed by atoms with Crippen molar-refractivity contribution < 1.29 is 4.39 Å². The summed E-state index contributed by atoms with van der Waals surface area (Å²) in [4.78, 5) is 0. The Balaban J connectivity index is 1.95. The van der Waals surface area contributed by atoms with Crippen LogP contribution in [0.15, 0.2) is 0 Å². The van der Waals surface area contributed by atoms with Gasteiger partial charge in [0.25, 0.3) is 0 Å². The highest BCUT2D eigenvalue weighted by atomic mass is 19.1. The maximum Gasteiger partial charge on any atom is 0.126 e. The molecule has 0 aromatic heterocycles. The molecule has 2 fully saturated rings. The molecule has 1 heterocycles. The van der Waals surface area contributed by atoms with E-state index in [2.05, 4.69) is 5.32 Å². The zero-order valence-corrected chi connectivity index (χ0v) is 8.48. The van der Waals surface area contributed by atoms with Crippen LogP contribution in [0.25, 0.3) is 0 Å². The number of nitrogens with one attached hydrogen (secondary N) is 1. The van der Waals surface area contributed by atoms with Gasteiger partial charge in [0.15, 0.2) is 0 Å². The lowest BCUT2D eigenvalue weighted by Crippen LogP contribution is -2.46. The van der Waals surface area contributed by atoms with Crippen molar-refractivity contribution in [3.05, 3.63) is 0 Å². The second-order valence-electron chi connectivity index (χ2n) is 4.78. The van der Waals surface area contributed by atoms with Gasteiger partial charge in [0.1, 0.15) is 5.67 Å². The molecule has 2 aliphatic rings. The van der Waals surface area contributed by atoms with Crippen LogP contribution < -0.4 is 5.32 Å². The van der Waals surface area contributed by atoms with Crippen molar-refractivity contribution in [1.29, 1.82) is 0 Å². The molecule has 1 aliphatic carbocycles. The average Bonchev–Trinajstić information content (AvgIpc) is 2.93. The van der Waals surface area contributed by atoms with E-state index < -0.39 is 5.67 Å². The summed E-state index contributed by atoms with van der Waals surface area (Å²) in [5.41, 5.74) is -0.940. The Labute approximate surface area is 80.1 Å². The minimum absolute atomic E-state index is 0.127. The first-order chi connectivity index (χ1) is 6.21. The third kappa shape index (κ3) is 2.04. The topological polar surface area (TPSA) is 12.0 Å². The molecule has 0 aromatic carbocycles. The first-order valence-corrected chi connectivity index (χ1v) is 5.63. The maximum atomic E-state index is 14.3. The van der Waals surface area contributed by atoms with Gasteiger partial charge >= 0.3 is 0 Å². The van der Waals surface area contributed by atoms with Gasteiger partial charge in [-0.15, -0.1) is 0 Å². The molecule has 0 radical (unpaired) electrons. The van der Waals surface area contributed by atoms with Crippen LogP contribution in [-0.2, 0) is 0 Å². The van der Waals surface area contributed by atoms with E-state index in [0.29, 0.717) is 5.92 Å². The summed E-state index contributed by atoms with van der Waals surface area (Å²) in [7, 11) is 0. The molecule has 0 aromatic rings. The van der Waals surface area contributed by atoms with Crippen LogP contribution in [0.3, 0.4) is 0 Å². The Morgan fingerprint density at radius 1 is 1.15 bits per heavy atom. The van der Waals surface area contributed by atoms with Crippen molar-refractivity contribution in [2.24, 2.45) is 5.92 Å². The molecule has 2 atom stereocenters. The molecule has 1 N–H and O–H groups in total. The molecule has 1 nitrogen and oxygen atoms in total. The van der Waals surface area contributed by atoms with Crippen LogP contribution in [0.2, 0.25) is 0 Å². The van der Waals surface area contributed by atoms with Gasteiger partial charge in [0.2, 0.25) is 0 Å². The van der Waals surface area contributed by atoms with E-state index in [1.807, 2.05) is 0 Å². The fourth-order valence-corrected chi connectivity index (χ4v) is 2.44. The predicted octanol–water partition coefficient (Wildman–Crippen LogP) is 2.66. The Hall–Kier alpha value is -0.110. The van der Waals surface area contributed by atoms with E-state index in [9.17, 15) is 4.39 Å². The highest BCUT2D eigenvalue weighted by Gasteiger charge is 2.47. The van der Waals surface area contributed by atoms with E-state index >= 15 is 0 Å². The van der Waals surface area contributed by atoms with Crippen LogP contribution in [0.5, 0.6) is 0 Å². The minimum atomic E-state index is -0.940. The lowest BCUT2D eigenvalue weighted by atomic mass is 9.90. The van der Waals surface area contributed by atoms with Crippen LogP contribution in [0.1, 0.15) is 45.4 Å². The molecule has 0 spiro atoms. The molecule has 0 amide bonds. The second-order valence-corrected chi connectivity index (χ2v) is 4.78. The standard InChI is InChI=1S/C11H20FN/c1-11(12,9-6-7-9)10-5-3-2-4-8-13-10/h9-10,13H,2-8H2,1H3. The SMILES string of the molecule is CC(F)(C1CC1)C1CCCCCN1. The highest BCUT2D eigenvalue weighted by molar-refractivity contribution is 5.00. The quantitative estimate of drug-likeness (QED) is 0.697. The van der Waals surface area contributed by atoms with Gasteiger partial charge in [0, 0.05) is 6.04 Å². The Morgan fingerprint density at radius 2 is 1.92 bits per heavy atom. The molecular formula is C11H20FN. The Bertz CT molecular complexity index is 167. The Kier molecular flexibility index (Phi) is 2.59. The molecular weight excluding hydrogens is 165 g/mol. The van der Waals surface area contributed by atoms with Gasteiger partial charge in [-0.1, -0.05) is 12.8 Å². The fourth-order valence-electron chi connectivity index (χ4n) is 2.44. The predicted molar refractivity (Wildman–Crippen MR) is 52.5 cm³/mol. The Morgan fingerprint density at radius 3 is 2.62 bits per heavy atom. The van der Waals surface area contributed by atoms with Crippen molar-refractivity contribution in [1.82, 2.24) is 5.32 Å². The average molecular weight is 185 g/mol. The van der Waals surface area contributed by atoms with Crippen molar-refractivity contribution in [2.75, 3.05) is 6.54 Å². The highest BCUT2D eigenvalue weighted by Crippen LogP contribution is 2.45. The van der Waals surface area contributed by atoms with Crippen molar-refractivity contribution >= 4 is 0 Å². The summed E-state index contributed by atoms with van der Waals surface area (Å²) in [5, 5.41) is 3.37. The molecule has 2 heteroatoms. The number of hydrogen-bond acceptors (Lipinski definition) is 1. The van der Waals surface area contributed by atoms with E-state index in [1.54, 1.807) is 6.92 Å². The van der Waals surface area contributed by atoms with Gasteiger partial charge in [-0.05, 0) is 45.1 Å². The summed E-state index contributed by atoms with van der Waals surface area (Å²) < 4.78 is 14.3. The van der Waals surface area contributed by atoms with Gasteiger partial charge in [-0.25, -0.2) is 4.39 Å². The molecule has 1 saturated carbocycles.